The maximum atomic E-state index is 13.3. The van der Waals surface area contributed by atoms with Crippen LogP contribution < -0.4 is 4.74 Å². The minimum absolute atomic E-state index is 0.00547. The number of halogens is 1. The van der Waals surface area contributed by atoms with Gasteiger partial charge in [0.15, 0.2) is 0 Å². The molecule has 2 rings (SSSR count). The Labute approximate surface area is 106 Å². The molecule has 0 atom stereocenters. The number of aliphatic carboxylic acids is 1. The summed E-state index contributed by atoms with van der Waals surface area (Å²) >= 11 is 0. The number of aryl methyl sites for hydroxylation is 1. The summed E-state index contributed by atoms with van der Waals surface area (Å²) in [6.45, 7) is 0.627. The molecule has 3 nitrogen and oxygen atoms in total. The molecule has 0 spiro atoms. The summed E-state index contributed by atoms with van der Waals surface area (Å²) in [6, 6.07) is 4.44. The largest absolute Gasteiger partial charge is 0.493 e. The summed E-state index contributed by atoms with van der Waals surface area (Å²) in [5.41, 5.74) is 0.668. The average molecular weight is 252 g/mol. The smallest absolute Gasteiger partial charge is 0.303 e. The van der Waals surface area contributed by atoms with E-state index in [4.69, 9.17) is 9.84 Å². The summed E-state index contributed by atoms with van der Waals surface area (Å²) in [7, 11) is 0. The first-order valence-electron chi connectivity index (χ1n) is 6.27. The lowest BCUT2D eigenvalue weighted by molar-refractivity contribution is -0.136. The molecule has 1 saturated carbocycles. The molecule has 1 fully saturated rings. The zero-order chi connectivity index (χ0) is 13.0. The van der Waals surface area contributed by atoms with Crippen molar-refractivity contribution in [1.82, 2.24) is 0 Å². The van der Waals surface area contributed by atoms with E-state index in [1.807, 2.05) is 0 Å². The molecule has 98 valence electrons. The van der Waals surface area contributed by atoms with Crippen LogP contribution in [0.5, 0.6) is 5.75 Å². The summed E-state index contributed by atoms with van der Waals surface area (Å²) in [5.74, 6) is -0.157. The lowest BCUT2D eigenvalue weighted by atomic mass is 9.86. The van der Waals surface area contributed by atoms with Crippen molar-refractivity contribution in [2.75, 3.05) is 6.61 Å². The van der Waals surface area contributed by atoms with Crippen LogP contribution in [0.2, 0.25) is 0 Å². The van der Waals surface area contributed by atoms with Crippen LogP contribution in [-0.4, -0.2) is 17.7 Å². The normalized spacial score (nSPS) is 15.2. The van der Waals surface area contributed by atoms with Gasteiger partial charge in [-0.25, -0.2) is 4.39 Å². The number of hydrogen-bond acceptors (Lipinski definition) is 2. The van der Waals surface area contributed by atoms with Gasteiger partial charge >= 0.3 is 5.97 Å². The van der Waals surface area contributed by atoms with Crippen LogP contribution in [-0.2, 0) is 11.2 Å². The Kier molecular flexibility index (Phi) is 4.18. The Morgan fingerprint density at radius 3 is 2.78 bits per heavy atom. The molecule has 0 amide bonds. The van der Waals surface area contributed by atoms with E-state index in [0.29, 0.717) is 30.3 Å². The lowest BCUT2D eigenvalue weighted by Crippen LogP contribution is -2.19. The summed E-state index contributed by atoms with van der Waals surface area (Å²) in [5, 5.41) is 8.60. The zero-order valence-electron chi connectivity index (χ0n) is 10.2. The highest BCUT2D eigenvalue weighted by atomic mass is 19.1. The lowest BCUT2D eigenvalue weighted by Gasteiger charge is -2.25. The van der Waals surface area contributed by atoms with E-state index in [2.05, 4.69) is 0 Å². The molecule has 1 aliphatic rings. The van der Waals surface area contributed by atoms with Crippen molar-refractivity contribution in [3.05, 3.63) is 29.6 Å². The Morgan fingerprint density at radius 2 is 2.17 bits per heavy atom. The predicted octanol–water partition coefficient (Wildman–Crippen LogP) is 3.02. The summed E-state index contributed by atoms with van der Waals surface area (Å²) in [4.78, 5) is 10.5. The molecular formula is C14H17FO3. The molecule has 0 bridgehead atoms. The predicted molar refractivity (Wildman–Crippen MR) is 65.2 cm³/mol. The van der Waals surface area contributed by atoms with Crippen molar-refractivity contribution in [3.8, 4) is 5.75 Å². The van der Waals surface area contributed by atoms with Crippen LogP contribution in [0.15, 0.2) is 18.2 Å². The fraction of sp³-hybridized carbons (Fsp3) is 0.500. The van der Waals surface area contributed by atoms with Crippen molar-refractivity contribution >= 4 is 5.97 Å². The second-order valence-electron chi connectivity index (χ2n) is 4.80. The fourth-order valence-corrected chi connectivity index (χ4v) is 1.97. The standard InChI is InChI=1S/C14H17FO3/c15-12-6-11(4-5-14(16)17)7-13(8-12)18-9-10-2-1-3-10/h6-8,10H,1-5,9H2,(H,16,17). The average Bonchev–Trinajstić information content (AvgIpc) is 2.23. The van der Waals surface area contributed by atoms with Gasteiger partial charge in [-0.1, -0.05) is 6.42 Å². The van der Waals surface area contributed by atoms with Gasteiger partial charge < -0.3 is 9.84 Å². The molecular weight excluding hydrogens is 235 g/mol. The van der Waals surface area contributed by atoms with Gasteiger partial charge in [0, 0.05) is 12.5 Å². The van der Waals surface area contributed by atoms with E-state index >= 15 is 0 Å². The highest BCUT2D eigenvalue weighted by Gasteiger charge is 2.18. The number of rotatable bonds is 6. The highest BCUT2D eigenvalue weighted by Crippen LogP contribution is 2.27. The SMILES string of the molecule is O=C(O)CCc1cc(F)cc(OCC2CCC2)c1. The van der Waals surface area contributed by atoms with Crippen LogP contribution in [0.3, 0.4) is 0 Å². The summed E-state index contributed by atoms with van der Waals surface area (Å²) < 4.78 is 18.9. The molecule has 0 heterocycles. The van der Waals surface area contributed by atoms with Gasteiger partial charge in [-0.2, -0.15) is 0 Å². The van der Waals surface area contributed by atoms with Gasteiger partial charge in [0.25, 0.3) is 0 Å². The van der Waals surface area contributed by atoms with Gasteiger partial charge in [0.1, 0.15) is 11.6 Å². The zero-order valence-corrected chi connectivity index (χ0v) is 10.2. The maximum absolute atomic E-state index is 13.3. The minimum Gasteiger partial charge on any atom is -0.493 e. The van der Waals surface area contributed by atoms with Gasteiger partial charge in [-0.15, -0.1) is 0 Å². The molecule has 0 unspecified atom stereocenters. The van der Waals surface area contributed by atoms with E-state index in [0.717, 1.165) is 0 Å². The number of carboxylic acid groups (broad SMARTS) is 1. The fourth-order valence-electron chi connectivity index (χ4n) is 1.97. The Bertz CT molecular complexity index is 427. The third-order valence-electron chi connectivity index (χ3n) is 3.27. The third kappa shape index (κ3) is 3.72. The maximum Gasteiger partial charge on any atom is 0.303 e. The van der Waals surface area contributed by atoms with E-state index in [1.165, 1.54) is 31.4 Å². The van der Waals surface area contributed by atoms with E-state index < -0.39 is 5.97 Å². The number of ether oxygens (including phenoxy) is 1. The van der Waals surface area contributed by atoms with Crippen LogP contribution >= 0.6 is 0 Å². The molecule has 1 aromatic carbocycles. The highest BCUT2D eigenvalue weighted by molar-refractivity contribution is 5.67. The van der Waals surface area contributed by atoms with Gasteiger partial charge in [-0.3, -0.25) is 4.79 Å². The first-order chi connectivity index (χ1) is 8.63. The van der Waals surface area contributed by atoms with Crippen molar-refractivity contribution < 1.29 is 19.0 Å². The van der Waals surface area contributed by atoms with E-state index in [-0.39, 0.29) is 12.2 Å². The Morgan fingerprint density at radius 1 is 1.39 bits per heavy atom. The molecule has 1 aliphatic carbocycles. The van der Waals surface area contributed by atoms with Crippen LogP contribution in [0.1, 0.15) is 31.2 Å². The molecule has 0 radical (unpaired) electrons. The van der Waals surface area contributed by atoms with Gasteiger partial charge in [-0.05, 0) is 42.9 Å². The second kappa shape index (κ2) is 5.85. The monoisotopic (exact) mass is 252 g/mol. The molecule has 18 heavy (non-hydrogen) atoms. The number of benzene rings is 1. The minimum atomic E-state index is -0.879. The van der Waals surface area contributed by atoms with E-state index in [1.54, 1.807) is 6.07 Å². The first-order valence-corrected chi connectivity index (χ1v) is 6.27. The number of hydrogen-bond donors (Lipinski definition) is 1. The number of carboxylic acids is 1. The number of carbonyl (C=O) groups is 1. The molecule has 4 heteroatoms. The van der Waals surface area contributed by atoms with Gasteiger partial charge in [0.2, 0.25) is 0 Å². The van der Waals surface area contributed by atoms with E-state index in [9.17, 15) is 9.18 Å². The van der Waals surface area contributed by atoms with Gasteiger partial charge in [0.05, 0.1) is 6.61 Å². The van der Waals surface area contributed by atoms with Crippen molar-refractivity contribution in [2.24, 2.45) is 5.92 Å². The van der Waals surface area contributed by atoms with Crippen LogP contribution in [0.25, 0.3) is 0 Å². The molecule has 1 N–H and O–H groups in total. The van der Waals surface area contributed by atoms with Crippen LogP contribution in [0, 0.1) is 11.7 Å². The second-order valence-corrected chi connectivity index (χ2v) is 4.80. The van der Waals surface area contributed by atoms with Crippen molar-refractivity contribution in [2.45, 2.75) is 32.1 Å². The first kappa shape index (κ1) is 12.9. The molecule has 0 aliphatic heterocycles. The third-order valence-corrected chi connectivity index (χ3v) is 3.27. The topological polar surface area (TPSA) is 46.5 Å². The Hall–Kier alpha value is -1.58. The molecule has 1 aromatic rings. The van der Waals surface area contributed by atoms with Crippen molar-refractivity contribution in [1.29, 1.82) is 0 Å². The quantitative estimate of drug-likeness (QED) is 0.846. The van der Waals surface area contributed by atoms with Crippen molar-refractivity contribution in [3.63, 3.8) is 0 Å². The van der Waals surface area contributed by atoms with Crippen LogP contribution in [0.4, 0.5) is 4.39 Å². The molecule has 0 saturated heterocycles. The molecule has 0 aromatic heterocycles. The Balaban J connectivity index is 1.93. The summed E-state index contributed by atoms with van der Waals surface area (Å²) in [6.07, 6.45) is 3.95.